The minimum atomic E-state index is -0.538. The van der Waals surface area contributed by atoms with Gasteiger partial charge in [-0.15, -0.1) is 0 Å². The maximum absolute atomic E-state index is 13.2. The minimum absolute atomic E-state index is 0.0611. The molecule has 1 amide bonds. The van der Waals surface area contributed by atoms with E-state index in [2.05, 4.69) is 15.9 Å². The van der Waals surface area contributed by atoms with Crippen molar-refractivity contribution in [2.24, 2.45) is 0 Å². The third-order valence-corrected chi connectivity index (χ3v) is 5.29. The van der Waals surface area contributed by atoms with Crippen molar-refractivity contribution in [2.45, 2.75) is 51.0 Å². The first-order chi connectivity index (χ1) is 10.4. The van der Waals surface area contributed by atoms with Crippen LogP contribution in [0.15, 0.2) is 16.6 Å². The van der Waals surface area contributed by atoms with Gasteiger partial charge in [-0.2, -0.15) is 0 Å². The Morgan fingerprint density at radius 3 is 2.50 bits per heavy atom. The van der Waals surface area contributed by atoms with Crippen LogP contribution < -0.4 is 4.90 Å². The van der Waals surface area contributed by atoms with Gasteiger partial charge in [-0.25, -0.2) is 4.79 Å². The summed E-state index contributed by atoms with van der Waals surface area (Å²) >= 11 is 3.46. The Morgan fingerprint density at radius 2 is 1.95 bits per heavy atom. The van der Waals surface area contributed by atoms with Crippen LogP contribution in [0, 0.1) is 0 Å². The summed E-state index contributed by atoms with van der Waals surface area (Å²) in [6, 6.07) is 3.79. The van der Waals surface area contributed by atoms with E-state index in [1.165, 1.54) is 7.11 Å². The molecule has 0 bridgehead atoms. The monoisotopic (exact) mass is 365 g/mol. The quantitative estimate of drug-likeness (QED) is 0.748. The standard InChI is InChI=1S/C17H20BrNO3/c1-10(2)19-13-9-11(18)8-12(15(20)22-3)14(13)17(16(19)21)6-4-5-7-17/h8-10H,4-7H2,1-3H3. The third-order valence-electron chi connectivity index (χ3n) is 4.83. The molecule has 0 atom stereocenters. The molecule has 0 aromatic heterocycles. The predicted octanol–water partition coefficient (Wildman–Crippen LogP) is 3.80. The first kappa shape index (κ1) is 15.5. The lowest BCUT2D eigenvalue weighted by Crippen LogP contribution is -2.42. The van der Waals surface area contributed by atoms with Crippen molar-refractivity contribution in [3.8, 4) is 0 Å². The fraction of sp³-hybridized carbons (Fsp3) is 0.529. The molecule has 4 nitrogen and oxygen atoms in total. The second-order valence-electron chi connectivity index (χ2n) is 6.40. The number of amides is 1. The number of carbonyl (C=O) groups excluding carboxylic acids is 2. The number of esters is 1. The van der Waals surface area contributed by atoms with Crippen LogP contribution in [0.1, 0.15) is 55.5 Å². The van der Waals surface area contributed by atoms with E-state index < -0.39 is 5.41 Å². The number of halogens is 1. The SMILES string of the molecule is COC(=O)c1cc(Br)cc2c1C1(CCCC1)C(=O)N2C(C)C. The summed E-state index contributed by atoms with van der Waals surface area (Å²) in [5.41, 5.74) is 1.71. The maximum Gasteiger partial charge on any atom is 0.338 e. The second kappa shape index (κ2) is 5.37. The minimum Gasteiger partial charge on any atom is -0.465 e. The fourth-order valence-electron chi connectivity index (χ4n) is 3.96. The van der Waals surface area contributed by atoms with E-state index in [1.807, 2.05) is 24.8 Å². The van der Waals surface area contributed by atoms with Crippen LogP contribution in [-0.4, -0.2) is 25.0 Å². The van der Waals surface area contributed by atoms with Gasteiger partial charge in [0.25, 0.3) is 0 Å². The lowest BCUT2D eigenvalue weighted by molar-refractivity contribution is -0.123. The number of benzene rings is 1. The summed E-state index contributed by atoms with van der Waals surface area (Å²) in [5, 5.41) is 0. The number of carbonyl (C=O) groups is 2. The van der Waals surface area contributed by atoms with Crippen molar-refractivity contribution in [1.82, 2.24) is 0 Å². The number of nitrogens with zero attached hydrogens (tertiary/aromatic N) is 1. The average Bonchev–Trinajstić information content (AvgIpc) is 3.03. The number of hydrogen-bond donors (Lipinski definition) is 0. The van der Waals surface area contributed by atoms with E-state index in [4.69, 9.17) is 4.74 Å². The normalized spacial score (nSPS) is 19.1. The molecule has 1 saturated carbocycles. The zero-order valence-electron chi connectivity index (χ0n) is 13.1. The van der Waals surface area contributed by atoms with E-state index in [0.717, 1.165) is 41.4 Å². The van der Waals surface area contributed by atoms with Gasteiger partial charge in [-0.1, -0.05) is 28.8 Å². The van der Waals surface area contributed by atoms with Gasteiger partial charge in [-0.3, -0.25) is 4.79 Å². The first-order valence-electron chi connectivity index (χ1n) is 7.68. The number of anilines is 1. The first-order valence-corrected chi connectivity index (χ1v) is 8.47. The van der Waals surface area contributed by atoms with E-state index >= 15 is 0 Å². The van der Waals surface area contributed by atoms with Gasteiger partial charge in [0.05, 0.1) is 23.8 Å². The largest absolute Gasteiger partial charge is 0.465 e. The molecule has 0 N–H and O–H groups in total. The van der Waals surface area contributed by atoms with Crippen molar-refractivity contribution in [3.05, 3.63) is 27.7 Å². The van der Waals surface area contributed by atoms with Gasteiger partial charge < -0.3 is 9.64 Å². The Hall–Kier alpha value is -1.36. The van der Waals surface area contributed by atoms with Gasteiger partial charge in [0.15, 0.2) is 0 Å². The Morgan fingerprint density at radius 1 is 1.32 bits per heavy atom. The van der Waals surface area contributed by atoms with Crippen LogP contribution in [0.25, 0.3) is 0 Å². The van der Waals surface area contributed by atoms with E-state index in [0.29, 0.717) is 5.56 Å². The summed E-state index contributed by atoms with van der Waals surface area (Å²) in [6.45, 7) is 4.02. The van der Waals surface area contributed by atoms with Gasteiger partial charge in [-0.05, 0) is 38.8 Å². The fourth-order valence-corrected chi connectivity index (χ4v) is 4.40. The van der Waals surface area contributed by atoms with Crippen LogP contribution >= 0.6 is 15.9 Å². The number of methoxy groups -OCH3 is 1. The van der Waals surface area contributed by atoms with Crippen LogP contribution in [0.5, 0.6) is 0 Å². The van der Waals surface area contributed by atoms with E-state index in [9.17, 15) is 9.59 Å². The molecule has 5 heteroatoms. The molecule has 0 radical (unpaired) electrons. The van der Waals surface area contributed by atoms with Crippen molar-refractivity contribution in [3.63, 3.8) is 0 Å². The molecule has 1 aliphatic carbocycles. The molecule has 1 heterocycles. The molecule has 118 valence electrons. The van der Waals surface area contributed by atoms with Crippen molar-refractivity contribution >= 4 is 33.5 Å². The molecule has 3 rings (SSSR count). The smallest absolute Gasteiger partial charge is 0.338 e. The summed E-state index contributed by atoms with van der Waals surface area (Å²) < 4.78 is 5.75. The molecular weight excluding hydrogens is 346 g/mol. The third kappa shape index (κ3) is 2.02. The van der Waals surface area contributed by atoms with Crippen molar-refractivity contribution in [1.29, 1.82) is 0 Å². The molecule has 2 aliphatic rings. The summed E-state index contributed by atoms with van der Waals surface area (Å²) in [7, 11) is 1.38. The van der Waals surface area contributed by atoms with Gasteiger partial charge in [0.1, 0.15) is 0 Å². The molecular formula is C17H20BrNO3. The molecule has 1 aromatic carbocycles. The number of hydrogen-bond acceptors (Lipinski definition) is 3. The molecule has 1 fully saturated rings. The van der Waals surface area contributed by atoms with Gasteiger partial charge in [0.2, 0.25) is 5.91 Å². The Balaban J connectivity index is 2.31. The maximum atomic E-state index is 13.2. The summed E-state index contributed by atoms with van der Waals surface area (Å²) in [6.07, 6.45) is 3.67. The Kier molecular flexibility index (Phi) is 3.79. The van der Waals surface area contributed by atoms with Gasteiger partial charge in [0, 0.05) is 16.1 Å². The van der Waals surface area contributed by atoms with E-state index in [1.54, 1.807) is 6.07 Å². The molecule has 1 aliphatic heterocycles. The van der Waals surface area contributed by atoms with E-state index in [-0.39, 0.29) is 17.9 Å². The number of fused-ring (bicyclic) bond motifs is 2. The summed E-state index contributed by atoms with van der Waals surface area (Å²) in [5.74, 6) is -0.236. The van der Waals surface area contributed by atoms with Crippen molar-refractivity contribution in [2.75, 3.05) is 12.0 Å². The molecule has 0 unspecified atom stereocenters. The lowest BCUT2D eigenvalue weighted by Gasteiger charge is -2.26. The highest BCUT2D eigenvalue weighted by molar-refractivity contribution is 9.10. The Bertz CT molecular complexity index is 648. The highest BCUT2D eigenvalue weighted by Crippen LogP contribution is 2.54. The zero-order chi connectivity index (χ0) is 16.1. The van der Waals surface area contributed by atoms with Crippen LogP contribution in [0.4, 0.5) is 5.69 Å². The molecule has 22 heavy (non-hydrogen) atoms. The van der Waals surface area contributed by atoms with Crippen molar-refractivity contribution < 1.29 is 14.3 Å². The lowest BCUT2D eigenvalue weighted by atomic mass is 9.78. The highest BCUT2D eigenvalue weighted by atomic mass is 79.9. The Labute approximate surface area is 138 Å². The van der Waals surface area contributed by atoms with Crippen LogP contribution in [-0.2, 0) is 14.9 Å². The van der Waals surface area contributed by atoms with Crippen LogP contribution in [0.3, 0.4) is 0 Å². The number of ether oxygens (including phenoxy) is 1. The zero-order valence-corrected chi connectivity index (χ0v) is 14.7. The molecule has 0 saturated heterocycles. The predicted molar refractivity (Wildman–Crippen MR) is 88.2 cm³/mol. The van der Waals surface area contributed by atoms with Crippen LogP contribution in [0.2, 0.25) is 0 Å². The summed E-state index contributed by atoms with van der Waals surface area (Å²) in [4.78, 5) is 27.3. The molecule has 1 aromatic rings. The highest BCUT2D eigenvalue weighted by Gasteiger charge is 2.54. The molecule has 1 spiro atoms. The number of rotatable bonds is 2. The second-order valence-corrected chi connectivity index (χ2v) is 7.31. The van der Waals surface area contributed by atoms with Gasteiger partial charge >= 0.3 is 5.97 Å². The topological polar surface area (TPSA) is 46.6 Å². The average molecular weight is 366 g/mol.